The van der Waals surface area contributed by atoms with Gasteiger partial charge in [-0.3, -0.25) is 9.59 Å². The standard InChI is InChI=1S/C20H27ClN2O2/c1-15(2)18(24)22-11-13-23(14-12-22)19(25)20(9-3-4-10-20)16-5-7-17(21)8-6-16/h5-8,15H,3-4,9-14H2,1-2H3. The molecule has 1 saturated carbocycles. The van der Waals surface area contributed by atoms with Crippen molar-refractivity contribution in [3.05, 3.63) is 34.9 Å². The quantitative estimate of drug-likeness (QED) is 0.826. The van der Waals surface area contributed by atoms with Gasteiger partial charge in [-0.05, 0) is 30.5 Å². The molecule has 136 valence electrons. The summed E-state index contributed by atoms with van der Waals surface area (Å²) >= 11 is 6.03. The molecule has 0 radical (unpaired) electrons. The third kappa shape index (κ3) is 3.55. The minimum absolute atomic E-state index is 0.0116. The van der Waals surface area contributed by atoms with E-state index in [0.29, 0.717) is 31.2 Å². The van der Waals surface area contributed by atoms with Gasteiger partial charge in [0.05, 0.1) is 5.41 Å². The summed E-state index contributed by atoms with van der Waals surface area (Å²) in [5.41, 5.74) is 0.675. The zero-order chi connectivity index (χ0) is 18.0. The molecule has 0 spiro atoms. The molecule has 2 fully saturated rings. The number of piperazine rings is 1. The molecule has 4 nitrogen and oxygen atoms in total. The highest BCUT2D eigenvalue weighted by Crippen LogP contribution is 2.43. The number of amides is 2. The molecule has 25 heavy (non-hydrogen) atoms. The topological polar surface area (TPSA) is 40.6 Å². The normalized spacial score (nSPS) is 20.2. The molecular weight excluding hydrogens is 336 g/mol. The fraction of sp³-hybridized carbons (Fsp3) is 0.600. The van der Waals surface area contributed by atoms with E-state index in [1.165, 1.54) is 0 Å². The monoisotopic (exact) mass is 362 g/mol. The number of rotatable bonds is 3. The van der Waals surface area contributed by atoms with Gasteiger partial charge in [0.2, 0.25) is 11.8 Å². The zero-order valence-corrected chi connectivity index (χ0v) is 15.9. The van der Waals surface area contributed by atoms with Crippen molar-refractivity contribution in [2.45, 2.75) is 44.9 Å². The molecule has 1 saturated heterocycles. The van der Waals surface area contributed by atoms with Crippen molar-refractivity contribution in [2.75, 3.05) is 26.2 Å². The highest BCUT2D eigenvalue weighted by Gasteiger charge is 2.45. The van der Waals surface area contributed by atoms with Gasteiger partial charge in [0.25, 0.3) is 0 Å². The lowest BCUT2D eigenvalue weighted by Gasteiger charge is -2.40. The number of carbonyl (C=O) groups is 2. The van der Waals surface area contributed by atoms with E-state index in [4.69, 9.17) is 11.6 Å². The smallest absolute Gasteiger partial charge is 0.233 e. The first-order valence-electron chi connectivity index (χ1n) is 9.28. The van der Waals surface area contributed by atoms with E-state index < -0.39 is 5.41 Å². The Hall–Kier alpha value is -1.55. The number of carbonyl (C=O) groups excluding carboxylic acids is 2. The summed E-state index contributed by atoms with van der Waals surface area (Å²) in [7, 11) is 0. The van der Waals surface area contributed by atoms with Crippen LogP contribution in [0.4, 0.5) is 0 Å². The van der Waals surface area contributed by atoms with E-state index >= 15 is 0 Å². The van der Waals surface area contributed by atoms with Gasteiger partial charge in [-0.25, -0.2) is 0 Å². The molecule has 1 aromatic rings. The highest BCUT2D eigenvalue weighted by molar-refractivity contribution is 6.30. The summed E-state index contributed by atoms with van der Waals surface area (Å²) in [6, 6.07) is 7.77. The van der Waals surface area contributed by atoms with E-state index in [2.05, 4.69) is 0 Å². The van der Waals surface area contributed by atoms with Crippen molar-refractivity contribution in [2.24, 2.45) is 5.92 Å². The second-order valence-electron chi connectivity index (χ2n) is 7.57. The minimum Gasteiger partial charge on any atom is -0.339 e. The Morgan fingerprint density at radius 2 is 1.48 bits per heavy atom. The first kappa shape index (κ1) is 18.2. The van der Waals surface area contributed by atoms with Crippen molar-refractivity contribution in [1.82, 2.24) is 9.80 Å². The summed E-state index contributed by atoms with van der Waals surface area (Å²) in [6.07, 6.45) is 3.97. The van der Waals surface area contributed by atoms with E-state index in [1.807, 2.05) is 47.9 Å². The van der Waals surface area contributed by atoms with Crippen LogP contribution >= 0.6 is 11.6 Å². The summed E-state index contributed by atoms with van der Waals surface area (Å²) in [5, 5.41) is 0.699. The van der Waals surface area contributed by atoms with Gasteiger partial charge >= 0.3 is 0 Å². The Morgan fingerprint density at radius 1 is 0.960 bits per heavy atom. The van der Waals surface area contributed by atoms with Crippen molar-refractivity contribution in [3.8, 4) is 0 Å². The molecule has 0 atom stereocenters. The van der Waals surface area contributed by atoms with Crippen LogP contribution < -0.4 is 0 Å². The Kier molecular flexibility index (Phi) is 5.38. The SMILES string of the molecule is CC(C)C(=O)N1CCN(C(=O)C2(c3ccc(Cl)cc3)CCCC2)CC1. The number of benzene rings is 1. The van der Waals surface area contributed by atoms with Gasteiger partial charge in [-0.1, -0.05) is 50.4 Å². The van der Waals surface area contributed by atoms with Crippen molar-refractivity contribution in [3.63, 3.8) is 0 Å². The fourth-order valence-corrected chi connectivity index (χ4v) is 4.30. The number of halogens is 1. The molecular formula is C20H27ClN2O2. The number of hydrogen-bond acceptors (Lipinski definition) is 2. The van der Waals surface area contributed by atoms with Gasteiger partial charge in [-0.2, -0.15) is 0 Å². The van der Waals surface area contributed by atoms with Crippen molar-refractivity contribution >= 4 is 23.4 Å². The molecule has 5 heteroatoms. The molecule has 1 aromatic carbocycles. The van der Waals surface area contributed by atoms with Gasteiger partial charge in [0, 0.05) is 37.1 Å². The molecule has 1 heterocycles. The summed E-state index contributed by atoms with van der Waals surface area (Å²) < 4.78 is 0. The van der Waals surface area contributed by atoms with E-state index in [1.54, 1.807) is 0 Å². The van der Waals surface area contributed by atoms with Crippen LogP contribution in [0.15, 0.2) is 24.3 Å². The molecule has 0 unspecified atom stereocenters. The van der Waals surface area contributed by atoms with Crippen LogP contribution in [0, 0.1) is 5.92 Å². The zero-order valence-electron chi connectivity index (χ0n) is 15.1. The predicted octanol–water partition coefficient (Wildman–Crippen LogP) is 3.48. The Morgan fingerprint density at radius 3 is 2.00 bits per heavy atom. The summed E-state index contributed by atoms with van der Waals surface area (Å²) in [4.78, 5) is 29.4. The Balaban J connectivity index is 1.74. The van der Waals surface area contributed by atoms with E-state index in [-0.39, 0.29) is 17.7 Å². The van der Waals surface area contributed by atoms with Crippen molar-refractivity contribution in [1.29, 1.82) is 0 Å². The third-order valence-electron chi connectivity index (χ3n) is 5.64. The van der Waals surface area contributed by atoms with Gasteiger partial charge in [0.1, 0.15) is 0 Å². The molecule has 1 aliphatic carbocycles. The van der Waals surface area contributed by atoms with E-state index in [0.717, 1.165) is 31.2 Å². The van der Waals surface area contributed by atoms with Crippen LogP contribution in [-0.2, 0) is 15.0 Å². The lowest BCUT2D eigenvalue weighted by atomic mass is 9.77. The van der Waals surface area contributed by atoms with Crippen molar-refractivity contribution < 1.29 is 9.59 Å². The predicted molar refractivity (Wildman–Crippen MR) is 99.6 cm³/mol. The molecule has 0 aromatic heterocycles. The number of nitrogens with zero attached hydrogens (tertiary/aromatic N) is 2. The molecule has 0 N–H and O–H groups in total. The maximum atomic E-state index is 13.4. The third-order valence-corrected chi connectivity index (χ3v) is 5.89. The maximum absolute atomic E-state index is 13.4. The second-order valence-corrected chi connectivity index (χ2v) is 8.00. The molecule has 0 bridgehead atoms. The molecule has 1 aliphatic heterocycles. The summed E-state index contributed by atoms with van der Waals surface area (Å²) in [5.74, 6) is 0.418. The van der Waals surface area contributed by atoms with Crippen LogP contribution in [0.25, 0.3) is 0 Å². The lowest BCUT2D eigenvalue weighted by Crippen LogP contribution is -2.55. The Labute approximate surface area is 155 Å². The summed E-state index contributed by atoms with van der Waals surface area (Å²) in [6.45, 7) is 6.39. The Bertz CT molecular complexity index is 628. The average Bonchev–Trinajstić information content (AvgIpc) is 3.12. The minimum atomic E-state index is -0.408. The lowest BCUT2D eigenvalue weighted by molar-refractivity contribution is -0.144. The first-order valence-corrected chi connectivity index (χ1v) is 9.66. The van der Waals surface area contributed by atoms with Gasteiger partial charge in [0.15, 0.2) is 0 Å². The maximum Gasteiger partial charge on any atom is 0.233 e. The molecule has 2 amide bonds. The molecule has 3 rings (SSSR count). The van der Waals surface area contributed by atoms with Crippen LogP contribution in [-0.4, -0.2) is 47.8 Å². The number of hydrogen-bond donors (Lipinski definition) is 0. The van der Waals surface area contributed by atoms with Crippen LogP contribution in [0.2, 0.25) is 5.02 Å². The van der Waals surface area contributed by atoms with Crippen LogP contribution in [0.3, 0.4) is 0 Å². The second kappa shape index (κ2) is 7.36. The van der Waals surface area contributed by atoms with Gasteiger partial charge < -0.3 is 9.80 Å². The van der Waals surface area contributed by atoms with Crippen LogP contribution in [0.5, 0.6) is 0 Å². The molecule has 2 aliphatic rings. The van der Waals surface area contributed by atoms with Crippen LogP contribution in [0.1, 0.15) is 45.1 Å². The van der Waals surface area contributed by atoms with Gasteiger partial charge in [-0.15, -0.1) is 0 Å². The van der Waals surface area contributed by atoms with E-state index in [9.17, 15) is 9.59 Å². The largest absolute Gasteiger partial charge is 0.339 e. The highest BCUT2D eigenvalue weighted by atomic mass is 35.5. The average molecular weight is 363 g/mol. The fourth-order valence-electron chi connectivity index (χ4n) is 4.17. The first-order chi connectivity index (χ1) is 11.9.